The molecule has 0 saturated carbocycles. The van der Waals surface area contributed by atoms with Gasteiger partial charge in [-0.2, -0.15) is 0 Å². The van der Waals surface area contributed by atoms with Gasteiger partial charge in [0.25, 0.3) is 0 Å². The minimum absolute atomic E-state index is 0.340. The van der Waals surface area contributed by atoms with Gasteiger partial charge in [0.05, 0.1) is 6.10 Å². The molecule has 1 atom stereocenters. The van der Waals surface area contributed by atoms with Crippen LogP contribution in [0.3, 0.4) is 0 Å². The molecule has 0 saturated heterocycles. The summed E-state index contributed by atoms with van der Waals surface area (Å²) >= 11 is 0. The Balaban J connectivity index is 2.36. The van der Waals surface area contributed by atoms with Gasteiger partial charge < -0.3 is 16.2 Å². The summed E-state index contributed by atoms with van der Waals surface area (Å²) < 4.78 is 0. The smallest absolute Gasteiger partial charge is 0.128 e. The van der Waals surface area contributed by atoms with E-state index in [4.69, 9.17) is 5.73 Å². The number of nitrogen functional groups attached to an aromatic ring is 1. The molecular formula is C11H19N3O. The molecule has 4 heteroatoms. The van der Waals surface area contributed by atoms with E-state index in [9.17, 15) is 5.11 Å². The monoisotopic (exact) mass is 209 g/mol. The number of nitrogens with two attached hydrogens (primary N) is 1. The standard InChI is InChI=1S/C11H19N3O/c1-8(2)5-10(15)7-14-11-6-9(12)3-4-13-11/h3-4,6,8,10,15H,5,7H2,1-2H3,(H3,12,13,14). The van der Waals surface area contributed by atoms with Crippen LogP contribution in [0.4, 0.5) is 11.5 Å². The molecule has 84 valence electrons. The molecule has 1 aromatic heterocycles. The summed E-state index contributed by atoms with van der Waals surface area (Å²) in [5, 5.41) is 12.7. The molecule has 0 aliphatic carbocycles. The van der Waals surface area contributed by atoms with E-state index in [0.717, 1.165) is 6.42 Å². The van der Waals surface area contributed by atoms with Crippen molar-refractivity contribution in [2.45, 2.75) is 26.4 Å². The zero-order valence-corrected chi connectivity index (χ0v) is 9.27. The van der Waals surface area contributed by atoms with E-state index in [1.54, 1.807) is 18.3 Å². The number of nitrogens with zero attached hydrogens (tertiary/aromatic N) is 1. The predicted molar refractivity (Wildman–Crippen MR) is 62.6 cm³/mol. The summed E-state index contributed by atoms with van der Waals surface area (Å²) in [5.74, 6) is 1.20. The lowest BCUT2D eigenvalue weighted by Gasteiger charge is -2.14. The zero-order chi connectivity index (χ0) is 11.3. The van der Waals surface area contributed by atoms with Crippen LogP contribution in [0.25, 0.3) is 0 Å². The predicted octanol–water partition coefficient (Wildman–Crippen LogP) is 1.48. The third kappa shape index (κ3) is 4.65. The van der Waals surface area contributed by atoms with E-state index >= 15 is 0 Å². The van der Waals surface area contributed by atoms with Crippen molar-refractivity contribution in [3.05, 3.63) is 18.3 Å². The molecule has 0 aliphatic rings. The van der Waals surface area contributed by atoms with Crippen molar-refractivity contribution in [1.82, 2.24) is 4.98 Å². The molecule has 0 radical (unpaired) electrons. The van der Waals surface area contributed by atoms with Crippen molar-refractivity contribution >= 4 is 11.5 Å². The fourth-order valence-corrected chi connectivity index (χ4v) is 1.39. The minimum Gasteiger partial charge on any atom is -0.399 e. The van der Waals surface area contributed by atoms with Crippen LogP contribution < -0.4 is 11.1 Å². The first-order valence-corrected chi connectivity index (χ1v) is 5.21. The molecule has 0 spiro atoms. The first kappa shape index (κ1) is 11.8. The van der Waals surface area contributed by atoms with Crippen molar-refractivity contribution in [2.75, 3.05) is 17.6 Å². The molecule has 4 N–H and O–H groups in total. The molecule has 1 aromatic rings. The first-order valence-electron chi connectivity index (χ1n) is 5.21. The molecular weight excluding hydrogens is 190 g/mol. The topological polar surface area (TPSA) is 71.2 Å². The molecule has 1 heterocycles. The lowest BCUT2D eigenvalue weighted by molar-refractivity contribution is 0.161. The van der Waals surface area contributed by atoms with Crippen molar-refractivity contribution in [3.63, 3.8) is 0 Å². The van der Waals surface area contributed by atoms with Gasteiger partial charge in [-0.05, 0) is 18.4 Å². The van der Waals surface area contributed by atoms with E-state index in [2.05, 4.69) is 24.1 Å². The van der Waals surface area contributed by atoms with Gasteiger partial charge in [-0.25, -0.2) is 4.98 Å². The molecule has 4 nitrogen and oxygen atoms in total. The molecule has 15 heavy (non-hydrogen) atoms. The van der Waals surface area contributed by atoms with Crippen molar-refractivity contribution in [3.8, 4) is 0 Å². The summed E-state index contributed by atoms with van der Waals surface area (Å²) in [6.45, 7) is 4.68. The largest absolute Gasteiger partial charge is 0.399 e. The number of rotatable bonds is 5. The summed E-state index contributed by atoms with van der Waals surface area (Å²) in [7, 11) is 0. The van der Waals surface area contributed by atoms with Crippen LogP contribution in [0.1, 0.15) is 20.3 Å². The summed E-state index contributed by atoms with van der Waals surface area (Å²) in [4.78, 5) is 4.09. The molecule has 0 fully saturated rings. The SMILES string of the molecule is CC(C)CC(O)CNc1cc(N)ccn1. The van der Waals surface area contributed by atoms with Crippen molar-refractivity contribution in [2.24, 2.45) is 5.92 Å². The van der Waals surface area contributed by atoms with Crippen LogP contribution in [-0.2, 0) is 0 Å². The number of hydrogen-bond donors (Lipinski definition) is 3. The van der Waals surface area contributed by atoms with Gasteiger partial charge in [-0.15, -0.1) is 0 Å². The summed E-state index contributed by atoms with van der Waals surface area (Å²) in [5.41, 5.74) is 6.28. The lowest BCUT2D eigenvalue weighted by Crippen LogP contribution is -2.21. The summed E-state index contributed by atoms with van der Waals surface area (Å²) in [6, 6.07) is 3.48. The van der Waals surface area contributed by atoms with Crippen molar-refractivity contribution in [1.29, 1.82) is 0 Å². The Morgan fingerprint density at radius 3 is 2.87 bits per heavy atom. The normalized spacial score (nSPS) is 12.8. The molecule has 1 rings (SSSR count). The number of aliphatic hydroxyl groups excluding tert-OH is 1. The maximum Gasteiger partial charge on any atom is 0.128 e. The van der Waals surface area contributed by atoms with E-state index in [1.165, 1.54) is 0 Å². The highest BCUT2D eigenvalue weighted by Gasteiger charge is 2.06. The van der Waals surface area contributed by atoms with Crippen molar-refractivity contribution < 1.29 is 5.11 Å². The van der Waals surface area contributed by atoms with Crippen LogP contribution in [0.15, 0.2) is 18.3 Å². The van der Waals surface area contributed by atoms with Crippen LogP contribution in [0.2, 0.25) is 0 Å². The number of aliphatic hydroxyl groups is 1. The van der Waals surface area contributed by atoms with Gasteiger partial charge in [0.1, 0.15) is 5.82 Å². The highest BCUT2D eigenvalue weighted by molar-refractivity contribution is 5.48. The second-order valence-electron chi connectivity index (χ2n) is 4.14. The maximum atomic E-state index is 9.63. The van der Waals surface area contributed by atoms with Gasteiger partial charge in [0, 0.05) is 24.5 Å². The van der Waals surface area contributed by atoms with E-state index in [0.29, 0.717) is 24.0 Å². The third-order valence-corrected chi connectivity index (χ3v) is 2.05. The van der Waals surface area contributed by atoms with Gasteiger partial charge in [-0.1, -0.05) is 13.8 Å². The third-order valence-electron chi connectivity index (χ3n) is 2.05. The van der Waals surface area contributed by atoms with E-state index in [1.807, 2.05) is 0 Å². The Labute approximate surface area is 90.5 Å². The average Bonchev–Trinajstić information content (AvgIpc) is 2.14. The van der Waals surface area contributed by atoms with E-state index in [-0.39, 0.29) is 6.10 Å². The van der Waals surface area contributed by atoms with Crippen LogP contribution >= 0.6 is 0 Å². The maximum absolute atomic E-state index is 9.63. The van der Waals surface area contributed by atoms with Crippen LogP contribution in [-0.4, -0.2) is 22.7 Å². The van der Waals surface area contributed by atoms with Crippen LogP contribution in [0, 0.1) is 5.92 Å². The second-order valence-corrected chi connectivity index (χ2v) is 4.14. The number of hydrogen-bond acceptors (Lipinski definition) is 4. The number of aromatic nitrogens is 1. The fraction of sp³-hybridized carbons (Fsp3) is 0.545. The van der Waals surface area contributed by atoms with Gasteiger partial charge in [0.15, 0.2) is 0 Å². The van der Waals surface area contributed by atoms with E-state index < -0.39 is 0 Å². The average molecular weight is 209 g/mol. The fourth-order valence-electron chi connectivity index (χ4n) is 1.39. The highest BCUT2D eigenvalue weighted by Crippen LogP contribution is 2.09. The quantitative estimate of drug-likeness (QED) is 0.687. The molecule has 0 aliphatic heterocycles. The van der Waals surface area contributed by atoms with Gasteiger partial charge >= 0.3 is 0 Å². The Morgan fingerprint density at radius 2 is 2.27 bits per heavy atom. The van der Waals surface area contributed by atoms with Gasteiger partial charge in [0.2, 0.25) is 0 Å². The Morgan fingerprint density at radius 1 is 1.53 bits per heavy atom. The summed E-state index contributed by atoms with van der Waals surface area (Å²) in [6.07, 6.45) is 2.09. The van der Waals surface area contributed by atoms with Crippen LogP contribution in [0.5, 0.6) is 0 Å². The Bertz CT molecular complexity index is 302. The number of pyridine rings is 1. The van der Waals surface area contributed by atoms with Gasteiger partial charge in [-0.3, -0.25) is 0 Å². The number of nitrogens with one attached hydrogen (secondary N) is 1. The Hall–Kier alpha value is -1.29. The highest BCUT2D eigenvalue weighted by atomic mass is 16.3. The minimum atomic E-state index is -0.340. The molecule has 0 amide bonds. The molecule has 0 aromatic carbocycles. The molecule has 0 bridgehead atoms. The molecule has 1 unspecified atom stereocenters. The lowest BCUT2D eigenvalue weighted by atomic mass is 10.1. The zero-order valence-electron chi connectivity index (χ0n) is 9.27. The second kappa shape index (κ2) is 5.56. The Kier molecular flexibility index (Phi) is 4.37. The number of anilines is 2. The first-order chi connectivity index (χ1) is 7.08.